The van der Waals surface area contributed by atoms with Crippen LogP contribution in [0.4, 0.5) is 0 Å². The molecule has 0 radical (unpaired) electrons. The highest BCUT2D eigenvalue weighted by Crippen LogP contribution is 2.65. The van der Waals surface area contributed by atoms with Gasteiger partial charge in [0.1, 0.15) is 24.2 Å². The smallest absolute Gasteiger partial charge is 0.313 e. The summed E-state index contributed by atoms with van der Waals surface area (Å²) in [6.07, 6.45) is 3.59. The van der Waals surface area contributed by atoms with E-state index in [9.17, 15) is 19.5 Å². The third-order valence-electron chi connectivity index (χ3n) is 8.78. The molecular formula is C30H40N2O6. The first-order valence-electron chi connectivity index (χ1n) is 13.4. The van der Waals surface area contributed by atoms with E-state index in [4.69, 9.17) is 9.47 Å². The third-order valence-corrected chi connectivity index (χ3v) is 8.78. The average Bonchev–Trinajstić information content (AvgIpc) is 3.40. The van der Waals surface area contributed by atoms with Crippen LogP contribution >= 0.6 is 0 Å². The maximum atomic E-state index is 14.5. The van der Waals surface area contributed by atoms with Crippen molar-refractivity contribution in [2.45, 2.75) is 63.9 Å². The predicted molar refractivity (Wildman–Crippen MR) is 143 cm³/mol. The molecule has 3 aliphatic heterocycles. The van der Waals surface area contributed by atoms with Gasteiger partial charge in [-0.25, -0.2) is 0 Å². The quantitative estimate of drug-likeness (QED) is 0.353. The van der Waals surface area contributed by atoms with Gasteiger partial charge in [0.2, 0.25) is 11.8 Å². The van der Waals surface area contributed by atoms with E-state index >= 15 is 0 Å². The largest absolute Gasteiger partial charge is 0.461 e. The topological polar surface area (TPSA) is 96.4 Å². The van der Waals surface area contributed by atoms with Crippen molar-refractivity contribution in [2.75, 3.05) is 19.8 Å². The van der Waals surface area contributed by atoms with Crippen LogP contribution in [0.25, 0.3) is 0 Å². The molecular weight excluding hydrogens is 484 g/mol. The molecule has 8 heteroatoms. The molecule has 2 amide bonds. The van der Waals surface area contributed by atoms with Crippen molar-refractivity contribution in [2.24, 2.45) is 23.7 Å². The van der Waals surface area contributed by atoms with Crippen LogP contribution in [0.15, 0.2) is 55.6 Å². The van der Waals surface area contributed by atoms with Crippen LogP contribution in [0.2, 0.25) is 0 Å². The zero-order valence-corrected chi connectivity index (χ0v) is 22.8. The SMILES string of the molecule is C=CCOC(=O)[C@@H]1[C@H]2C(=O)N([C@@H](CO)C(C)C)C(C(=O)N(CC=C)Cc3ccccc3)C23CC(C)[C@@]1(C)O3. The van der Waals surface area contributed by atoms with Crippen LogP contribution in [0, 0.1) is 23.7 Å². The number of aliphatic hydroxyl groups is 1. The number of hydrogen-bond donors (Lipinski definition) is 1. The van der Waals surface area contributed by atoms with E-state index in [-0.39, 0.29) is 43.4 Å². The molecule has 0 aliphatic carbocycles. The van der Waals surface area contributed by atoms with Crippen LogP contribution in [-0.2, 0) is 30.4 Å². The molecule has 1 spiro atoms. The number of fused-ring (bicyclic) bond motifs is 1. The number of esters is 1. The van der Waals surface area contributed by atoms with Crippen LogP contribution in [-0.4, -0.2) is 75.7 Å². The van der Waals surface area contributed by atoms with Crippen molar-refractivity contribution in [3.63, 3.8) is 0 Å². The third kappa shape index (κ3) is 4.28. The number of benzene rings is 1. The molecule has 8 nitrogen and oxygen atoms in total. The van der Waals surface area contributed by atoms with Crippen molar-refractivity contribution >= 4 is 17.8 Å². The van der Waals surface area contributed by atoms with Gasteiger partial charge in [-0.3, -0.25) is 14.4 Å². The lowest BCUT2D eigenvalue weighted by Gasteiger charge is -2.40. The minimum Gasteiger partial charge on any atom is -0.461 e. The Labute approximate surface area is 225 Å². The van der Waals surface area contributed by atoms with Crippen molar-refractivity contribution < 1.29 is 29.0 Å². The van der Waals surface area contributed by atoms with E-state index in [2.05, 4.69) is 13.2 Å². The zero-order valence-electron chi connectivity index (χ0n) is 22.8. The van der Waals surface area contributed by atoms with E-state index in [1.807, 2.05) is 58.0 Å². The van der Waals surface area contributed by atoms with Crippen molar-refractivity contribution in [3.05, 3.63) is 61.2 Å². The first kappa shape index (κ1) is 28.0. The first-order chi connectivity index (χ1) is 18.1. The van der Waals surface area contributed by atoms with Gasteiger partial charge in [0, 0.05) is 13.1 Å². The summed E-state index contributed by atoms with van der Waals surface area (Å²) in [6, 6.07) is 8.01. The monoisotopic (exact) mass is 524 g/mol. The van der Waals surface area contributed by atoms with Gasteiger partial charge < -0.3 is 24.4 Å². The Balaban J connectivity index is 1.83. The van der Waals surface area contributed by atoms with Gasteiger partial charge in [-0.15, -0.1) is 6.58 Å². The summed E-state index contributed by atoms with van der Waals surface area (Å²) in [7, 11) is 0. The highest BCUT2D eigenvalue weighted by molar-refractivity contribution is 5.98. The lowest BCUT2D eigenvalue weighted by atomic mass is 9.62. The molecule has 38 heavy (non-hydrogen) atoms. The zero-order chi connectivity index (χ0) is 27.8. The number of amides is 2. The van der Waals surface area contributed by atoms with Crippen LogP contribution in [0.5, 0.6) is 0 Å². The Morgan fingerprint density at radius 1 is 1.26 bits per heavy atom. The molecule has 0 aromatic heterocycles. The second-order valence-corrected chi connectivity index (χ2v) is 11.4. The number of ether oxygens (including phenoxy) is 2. The number of aliphatic hydroxyl groups excluding tert-OH is 1. The van der Waals surface area contributed by atoms with Crippen LogP contribution in [0.3, 0.4) is 0 Å². The molecule has 7 atom stereocenters. The maximum Gasteiger partial charge on any atom is 0.313 e. The molecule has 1 aromatic carbocycles. The summed E-state index contributed by atoms with van der Waals surface area (Å²) in [4.78, 5) is 45.4. The molecule has 1 N–H and O–H groups in total. The van der Waals surface area contributed by atoms with Gasteiger partial charge >= 0.3 is 5.97 Å². The molecule has 4 rings (SSSR count). The number of carbonyl (C=O) groups excluding carboxylic acids is 3. The van der Waals surface area contributed by atoms with Gasteiger partial charge in [-0.1, -0.05) is 69.8 Å². The standard InChI is InChI=1S/C30H40N2O6/c1-7-14-31(17-21-12-10-9-11-13-21)27(35)25-30-16-20(5)29(6,38-30)24(28(36)37-15-8-2)23(30)26(34)32(25)22(18-33)19(3)4/h7-13,19-20,22-25,33H,1-2,14-18H2,3-6H3/t20?,22-,23-,24-,25?,29+,30?/m0/s1. The van der Waals surface area contributed by atoms with Gasteiger partial charge in [0.25, 0.3) is 0 Å². The van der Waals surface area contributed by atoms with Crippen molar-refractivity contribution in [1.29, 1.82) is 0 Å². The Hall–Kier alpha value is -2.97. The number of hydrogen-bond acceptors (Lipinski definition) is 6. The molecule has 3 aliphatic rings. The Kier molecular flexibility index (Phi) is 7.86. The number of nitrogens with zero attached hydrogens (tertiary/aromatic N) is 2. The van der Waals surface area contributed by atoms with Crippen molar-refractivity contribution in [3.8, 4) is 0 Å². The minimum absolute atomic E-state index is 0.0230. The summed E-state index contributed by atoms with van der Waals surface area (Å²) < 4.78 is 12.2. The molecule has 2 bridgehead atoms. The molecule has 1 aromatic rings. The van der Waals surface area contributed by atoms with E-state index in [0.717, 1.165) is 5.56 Å². The van der Waals surface area contributed by atoms with Gasteiger partial charge in [-0.05, 0) is 30.7 Å². The molecule has 0 saturated carbocycles. The summed E-state index contributed by atoms with van der Waals surface area (Å²) in [6.45, 7) is 15.4. The average molecular weight is 525 g/mol. The highest BCUT2D eigenvalue weighted by atomic mass is 16.6. The molecule has 3 fully saturated rings. The maximum absolute atomic E-state index is 14.5. The summed E-state index contributed by atoms with van der Waals surface area (Å²) >= 11 is 0. The number of likely N-dealkylation sites (tertiary alicyclic amines) is 1. The number of rotatable bonds is 11. The lowest BCUT2D eigenvalue weighted by Crippen LogP contribution is -2.59. The first-order valence-corrected chi connectivity index (χ1v) is 13.4. The molecule has 3 heterocycles. The van der Waals surface area contributed by atoms with Gasteiger partial charge in [0.15, 0.2) is 0 Å². The van der Waals surface area contributed by atoms with E-state index in [1.165, 1.54) is 11.0 Å². The normalized spacial score (nSPS) is 32.3. The van der Waals surface area contributed by atoms with Crippen LogP contribution < -0.4 is 0 Å². The van der Waals surface area contributed by atoms with E-state index < -0.39 is 41.1 Å². The molecule has 206 valence electrons. The van der Waals surface area contributed by atoms with Gasteiger partial charge in [0.05, 0.1) is 24.2 Å². The second-order valence-electron chi connectivity index (χ2n) is 11.4. The Morgan fingerprint density at radius 3 is 2.53 bits per heavy atom. The Bertz CT molecular complexity index is 1090. The molecule has 3 unspecified atom stereocenters. The minimum atomic E-state index is -1.21. The fourth-order valence-electron chi connectivity index (χ4n) is 6.89. The number of carbonyl (C=O) groups is 3. The fourth-order valence-corrected chi connectivity index (χ4v) is 6.89. The van der Waals surface area contributed by atoms with E-state index in [0.29, 0.717) is 13.0 Å². The lowest BCUT2D eigenvalue weighted by molar-refractivity contribution is -0.163. The summed E-state index contributed by atoms with van der Waals surface area (Å²) in [5, 5.41) is 10.4. The summed E-state index contributed by atoms with van der Waals surface area (Å²) in [5.74, 6) is -3.13. The van der Waals surface area contributed by atoms with Crippen molar-refractivity contribution in [1.82, 2.24) is 9.80 Å². The fraction of sp³-hybridized carbons (Fsp3) is 0.567. The molecule has 3 saturated heterocycles. The Morgan fingerprint density at radius 2 is 1.95 bits per heavy atom. The second kappa shape index (κ2) is 10.7. The predicted octanol–water partition coefficient (Wildman–Crippen LogP) is 2.96. The van der Waals surface area contributed by atoms with Gasteiger partial charge in [-0.2, -0.15) is 0 Å². The summed E-state index contributed by atoms with van der Waals surface area (Å²) in [5.41, 5.74) is -1.23. The van der Waals surface area contributed by atoms with E-state index in [1.54, 1.807) is 11.0 Å². The highest BCUT2D eigenvalue weighted by Gasteiger charge is 2.80. The van der Waals surface area contributed by atoms with Crippen LogP contribution in [0.1, 0.15) is 39.7 Å².